The summed E-state index contributed by atoms with van der Waals surface area (Å²) in [4.78, 5) is 33.3. The van der Waals surface area contributed by atoms with Crippen LogP contribution in [0.3, 0.4) is 0 Å². The van der Waals surface area contributed by atoms with Crippen LogP contribution in [0.25, 0.3) is 0 Å². The van der Waals surface area contributed by atoms with Gasteiger partial charge >= 0.3 is 0 Å². The van der Waals surface area contributed by atoms with Crippen LogP contribution in [-0.4, -0.2) is 86.0 Å². The van der Waals surface area contributed by atoms with E-state index in [4.69, 9.17) is 28.1 Å². The van der Waals surface area contributed by atoms with E-state index in [-0.39, 0.29) is 38.5 Å². The topological polar surface area (TPSA) is 103 Å². The van der Waals surface area contributed by atoms with E-state index in [9.17, 15) is 9.59 Å². The van der Waals surface area contributed by atoms with Gasteiger partial charge < -0.3 is 37.9 Å². The summed E-state index contributed by atoms with van der Waals surface area (Å²) in [7, 11) is 0. The van der Waals surface area contributed by atoms with E-state index in [1.54, 1.807) is 40.3 Å². The number of furan rings is 1. The molecular formula is C30H33N3O8. The number of morpholine rings is 1. The third kappa shape index (κ3) is 6.58. The molecule has 0 N–H and O–H groups in total. The van der Waals surface area contributed by atoms with Gasteiger partial charge in [0.25, 0.3) is 5.91 Å². The number of amides is 2. The fourth-order valence-electron chi connectivity index (χ4n) is 5.12. The quantitative estimate of drug-likeness (QED) is 0.348. The zero-order valence-electron chi connectivity index (χ0n) is 22.8. The predicted octanol–water partition coefficient (Wildman–Crippen LogP) is 3.13. The zero-order chi connectivity index (χ0) is 28.0. The number of hydrogen-bond acceptors (Lipinski definition) is 9. The van der Waals surface area contributed by atoms with Crippen molar-refractivity contribution in [2.75, 3.05) is 59.5 Å². The first-order chi connectivity index (χ1) is 20.1. The Morgan fingerprint density at radius 3 is 2.29 bits per heavy atom. The Morgan fingerprint density at radius 2 is 1.54 bits per heavy atom. The minimum Gasteiger partial charge on any atom is -0.467 e. The second-order valence-electron chi connectivity index (χ2n) is 10.1. The molecule has 2 amide bonds. The van der Waals surface area contributed by atoms with Gasteiger partial charge in [-0.1, -0.05) is 6.07 Å². The van der Waals surface area contributed by atoms with Crippen molar-refractivity contribution in [1.82, 2.24) is 14.7 Å². The molecule has 0 radical (unpaired) electrons. The number of carbonyl (C=O) groups is 2. The average molecular weight is 564 g/mol. The van der Waals surface area contributed by atoms with Crippen LogP contribution in [0.2, 0.25) is 0 Å². The van der Waals surface area contributed by atoms with E-state index in [0.29, 0.717) is 60.6 Å². The first-order valence-electron chi connectivity index (χ1n) is 13.8. The first kappa shape index (κ1) is 27.0. The fourth-order valence-corrected chi connectivity index (χ4v) is 5.12. The Kier molecular flexibility index (Phi) is 8.24. The highest BCUT2D eigenvalue weighted by Gasteiger charge is 2.26. The second kappa shape index (κ2) is 12.5. The van der Waals surface area contributed by atoms with Gasteiger partial charge in [-0.05, 0) is 54.4 Å². The Hall–Kier alpha value is -4.22. The van der Waals surface area contributed by atoms with Crippen LogP contribution in [0.5, 0.6) is 23.0 Å². The number of hydrogen-bond donors (Lipinski definition) is 0. The van der Waals surface area contributed by atoms with E-state index >= 15 is 0 Å². The van der Waals surface area contributed by atoms with E-state index in [1.807, 2.05) is 24.3 Å². The second-order valence-corrected chi connectivity index (χ2v) is 10.1. The lowest BCUT2D eigenvalue weighted by Gasteiger charge is -2.30. The molecule has 3 aliphatic rings. The van der Waals surface area contributed by atoms with Crippen LogP contribution in [0.15, 0.2) is 59.2 Å². The Bertz CT molecular complexity index is 1360. The fraction of sp³-hybridized carbons (Fsp3) is 0.400. The van der Waals surface area contributed by atoms with Crippen molar-refractivity contribution in [1.29, 1.82) is 0 Å². The average Bonchev–Trinajstić information content (AvgIpc) is 3.78. The number of ether oxygens (including phenoxy) is 5. The SMILES string of the molecule is O=C(CN(CCCN1CCOCC1)C(=O)c1ccc2c(c1)OCO2)N(Cc1ccc2c(c1)OCO2)Cc1ccco1. The molecule has 11 nitrogen and oxygen atoms in total. The van der Waals surface area contributed by atoms with Crippen molar-refractivity contribution in [2.45, 2.75) is 19.5 Å². The summed E-state index contributed by atoms with van der Waals surface area (Å²) >= 11 is 0. The first-order valence-corrected chi connectivity index (χ1v) is 13.8. The summed E-state index contributed by atoms with van der Waals surface area (Å²) in [6.45, 7) is 5.18. The molecule has 0 aliphatic carbocycles. The smallest absolute Gasteiger partial charge is 0.254 e. The summed E-state index contributed by atoms with van der Waals surface area (Å²) in [5.41, 5.74) is 1.33. The molecule has 0 saturated carbocycles. The number of benzene rings is 2. The van der Waals surface area contributed by atoms with Crippen LogP contribution in [0.1, 0.15) is 28.1 Å². The highest BCUT2D eigenvalue weighted by molar-refractivity contribution is 5.97. The Balaban J connectivity index is 1.19. The molecule has 11 heteroatoms. The number of carbonyl (C=O) groups excluding carboxylic acids is 2. The molecule has 1 saturated heterocycles. The molecule has 0 bridgehead atoms. The molecule has 41 heavy (non-hydrogen) atoms. The third-order valence-corrected chi connectivity index (χ3v) is 7.33. The summed E-state index contributed by atoms with van der Waals surface area (Å²) in [5.74, 6) is 2.68. The van der Waals surface area contributed by atoms with Crippen molar-refractivity contribution >= 4 is 11.8 Å². The van der Waals surface area contributed by atoms with Crippen LogP contribution in [0, 0.1) is 0 Å². The summed E-state index contributed by atoms with van der Waals surface area (Å²) < 4.78 is 32.9. The van der Waals surface area contributed by atoms with Crippen LogP contribution in [0.4, 0.5) is 0 Å². The molecule has 3 aromatic rings. The minimum atomic E-state index is -0.236. The van der Waals surface area contributed by atoms with Crippen molar-refractivity contribution in [3.63, 3.8) is 0 Å². The highest BCUT2D eigenvalue weighted by atomic mass is 16.7. The highest BCUT2D eigenvalue weighted by Crippen LogP contribution is 2.34. The molecule has 4 heterocycles. The van der Waals surface area contributed by atoms with Gasteiger partial charge in [-0.3, -0.25) is 14.5 Å². The van der Waals surface area contributed by atoms with Gasteiger partial charge in [0.1, 0.15) is 12.3 Å². The van der Waals surface area contributed by atoms with Gasteiger partial charge in [-0.15, -0.1) is 0 Å². The van der Waals surface area contributed by atoms with Crippen molar-refractivity contribution in [3.05, 3.63) is 71.7 Å². The Labute approximate surface area is 238 Å². The summed E-state index contributed by atoms with van der Waals surface area (Å²) in [6, 6.07) is 14.4. The van der Waals surface area contributed by atoms with Gasteiger partial charge in [0.15, 0.2) is 23.0 Å². The zero-order valence-corrected chi connectivity index (χ0v) is 22.8. The van der Waals surface area contributed by atoms with Gasteiger partial charge in [-0.25, -0.2) is 0 Å². The third-order valence-electron chi connectivity index (χ3n) is 7.33. The van der Waals surface area contributed by atoms with Gasteiger partial charge in [0, 0.05) is 38.3 Å². The largest absolute Gasteiger partial charge is 0.467 e. The van der Waals surface area contributed by atoms with Crippen LogP contribution >= 0.6 is 0 Å². The van der Waals surface area contributed by atoms with Gasteiger partial charge in [0.2, 0.25) is 19.5 Å². The number of rotatable bonds is 11. The van der Waals surface area contributed by atoms with E-state index in [2.05, 4.69) is 4.90 Å². The van der Waals surface area contributed by atoms with E-state index in [1.165, 1.54) is 0 Å². The van der Waals surface area contributed by atoms with E-state index in [0.717, 1.165) is 31.6 Å². The van der Waals surface area contributed by atoms with Crippen molar-refractivity contribution in [2.24, 2.45) is 0 Å². The molecule has 6 rings (SSSR count). The Morgan fingerprint density at radius 1 is 0.805 bits per heavy atom. The molecule has 2 aromatic carbocycles. The van der Waals surface area contributed by atoms with Crippen molar-refractivity contribution in [3.8, 4) is 23.0 Å². The lowest BCUT2D eigenvalue weighted by molar-refractivity contribution is -0.133. The van der Waals surface area contributed by atoms with E-state index < -0.39 is 0 Å². The molecule has 3 aliphatic heterocycles. The van der Waals surface area contributed by atoms with Crippen LogP contribution < -0.4 is 18.9 Å². The maximum absolute atomic E-state index is 13.9. The monoisotopic (exact) mass is 563 g/mol. The van der Waals surface area contributed by atoms with Gasteiger partial charge in [-0.2, -0.15) is 0 Å². The molecule has 0 spiro atoms. The minimum absolute atomic E-state index is 0.0817. The molecule has 0 atom stereocenters. The summed E-state index contributed by atoms with van der Waals surface area (Å²) in [5, 5.41) is 0. The molecule has 1 fully saturated rings. The molecular weight excluding hydrogens is 530 g/mol. The van der Waals surface area contributed by atoms with Crippen molar-refractivity contribution < 1.29 is 37.7 Å². The lowest BCUT2D eigenvalue weighted by Crippen LogP contribution is -2.44. The number of nitrogens with zero attached hydrogens (tertiary/aromatic N) is 3. The van der Waals surface area contributed by atoms with Crippen LogP contribution in [-0.2, 0) is 22.6 Å². The molecule has 0 unspecified atom stereocenters. The summed E-state index contributed by atoms with van der Waals surface area (Å²) in [6.07, 6.45) is 2.31. The predicted molar refractivity (Wildman–Crippen MR) is 146 cm³/mol. The number of fused-ring (bicyclic) bond motifs is 2. The maximum atomic E-state index is 13.9. The normalized spacial score (nSPS) is 15.6. The standard InChI is InChI=1S/C30H33N3O8/c34-29(33(18-24-3-1-12-37-24)17-22-4-6-25-27(15-22)40-20-38-25)19-32(9-2-8-31-10-13-36-14-11-31)30(35)23-5-7-26-28(16-23)41-21-39-26/h1,3-7,12,15-16H,2,8-11,13-14,17-21H2. The van der Waals surface area contributed by atoms with Gasteiger partial charge in [0.05, 0.1) is 26.0 Å². The molecule has 1 aromatic heterocycles. The molecule has 216 valence electrons. The lowest BCUT2D eigenvalue weighted by atomic mass is 10.1. The maximum Gasteiger partial charge on any atom is 0.254 e.